The molecule has 0 saturated carbocycles. The number of ether oxygens (including phenoxy) is 1. The third-order valence-electron chi connectivity index (χ3n) is 5.54. The number of nitrogens with one attached hydrogen (secondary N) is 1. The molecule has 11 heteroatoms. The lowest BCUT2D eigenvalue weighted by molar-refractivity contribution is -0.138. The number of carbonyl (C=O) groups is 2. The highest BCUT2D eigenvalue weighted by Gasteiger charge is 2.41. The van der Waals surface area contributed by atoms with E-state index >= 15 is 0 Å². The van der Waals surface area contributed by atoms with E-state index in [-0.39, 0.29) is 17.9 Å². The van der Waals surface area contributed by atoms with Crippen molar-refractivity contribution in [3.05, 3.63) is 87.9 Å². The lowest BCUT2D eigenvalue weighted by atomic mass is 9.93. The van der Waals surface area contributed by atoms with E-state index in [4.69, 9.17) is 4.74 Å². The van der Waals surface area contributed by atoms with Crippen LogP contribution in [0.1, 0.15) is 36.1 Å². The van der Waals surface area contributed by atoms with Crippen molar-refractivity contribution in [2.75, 3.05) is 7.11 Å². The topological polar surface area (TPSA) is 83.9 Å². The Balaban J connectivity index is 1.62. The fourth-order valence-corrected chi connectivity index (χ4v) is 4.80. The number of alkyl halides is 3. The van der Waals surface area contributed by atoms with Gasteiger partial charge >= 0.3 is 12.1 Å². The first-order valence-corrected chi connectivity index (χ1v) is 11.4. The second-order valence-electron chi connectivity index (χ2n) is 7.81. The van der Waals surface area contributed by atoms with Gasteiger partial charge in [0, 0.05) is 24.6 Å². The quantitative estimate of drug-likeness (QED) is 0.584. The van der Waals surface area contributed by atoms with Crippen molar-refractivity contribution in [2.45, 2.75) is 32.1 Å². The number of allylic oxidation sites excluding steroid dienone is 1. The van der Waals surface area contributed by atoms with Crippen LogP contribution in [0, 0.1) is 0 Å². The summed E-state index contributed by atoms with van der Waals surface area (Å²) in [6.07, 6.45) is -1.24. The second-order valence-corrected chi connectivity index (χ2v) is 8.65. The fourth-order valence-electron chi connectivity index (χ4n) is 3.84. The summed E-state index contributed by atoms with van der Waals surface area (Å²) < 4.78 is 44.3. The predicted molar refractivity (Wildman–Crippen MR) is 125 cm³/mol. The van der Waals surface area contributed by atoms with Crippen molar-refractivity contribution in [1.82, 2.24) is 15.2 Å². The zero-order valence-electron chi connectivity index (χ0n) is 18.8. The van der Waals surface area contributed by atoms with Crippen LogP contribution in [0.2, 0.25) is 0 Å². The molecule has 1 aromatic heterocycles. The summed E-state index contributed by atoms with van der Waals surface area (Å²) in [6.45, 7) is 1.96. The standard InChI is InChI=1S/C24H21F3N4O3S/c1-14-20(22(33)34-2)21(16-3-5-17(6-4-16)24(25,26)27)31-18(13-35-23(31)30-14)11-19(32)29-12-15-7-9-28-10-8-15/h3-10,13,21H,11-12H2,1-2H3,(H,29,32). The summed E-state index contributed by atoms with van der Waals surface area (Å²) >= 11 is 1.28. The molecule has 0 saturated heterocycles. The molecule has 2 aliphatic heterocycles. The van der Waals surface area contributed by atoms with Gasteiger partial charge in [-0.05, 0) is 47.7 Å². The molecule has 35 heavy (non-hydrogen) atoms. The Morgan fingerprint density at radius 2 is 1.83 bits per heavy atom. The second kappa shape index (κ2) is 9.95. The summed E-state index contributed by atoms with van der Waals surface area (Å²) in [4.78, 5) is 35.5. The number of pyridine rings is 1. The molecule has 0 spiro atoms. The fraction of sp³-hybridized carbons (Fsp3) is 0.250. The average molecular weight is 503 g/mol. The molecule has 1 aromatic carbocycles. The van der Waals surface area contributed by atoms with Crippen LogP contribution in [0.25, 0.3) is 0 Å². The molecule has 2 aromatic rings. The first-order chi connectivity index (χ1) is 16.7. The van der Waals surface area contributed by atoms with E-state index in [1.54, 1.807) is 41.8 Å². The van der Waals surface area contributed by atoms with Gasteiger partial charge in [0.2, 0.25) is 5.91 Å². The molecule has 0 radical (unpaired) electrons. The molecule has 1 atom stereocenters. The minimum atomic E-state index is -4.49. The van der Waals surface area contributed by atoms with E-state index in [1.807, 2.05) is 0 Å². The van der Waals surface area contributed by atoms with E-state index in [0.717, 1.165) is 17.7 Å². The number of methoxy groups -OCH3 is 1. The minimum absolute atomic E-state index is 0.0122. The Kier molecular flexibility index (Phi) is 6.97. The highest BCUT2D eigenvalue weighted by Crippen LogP contribution is 2.45. The number of hydrogen-bond donors (Lipinski definition) is 1. The molecule has 0 bridgehead atoms. The summed E-state index contributed by atoms with van der Waals surface area (Å²) in [5, 5.41) is 5.13. The molecule has 2 aliphatic rings. The number of nitrogens with zero attached hydrogens (tertiary/aromatic N) is 3. The number of carbonyl (C=O) groups excluding carboxylic acids is 2. The van der Waals surface area contributed by atoms with Crippen molar-refractivity contribution in [1.29, 1.82) is 0 Å². The maximum absolute atomic E-state index is 13.1. The Labute approximate surface area is 203 Å². The molecule has 7 nitrogen and oxygen atoms in total. The summed E-state index contributed by atoms with van der Waals surface area (Å²) in [7, 11) is 1.23. The maximum atomic E-state index is 13.1. The molecule has 1 amide bonds. The van der Waals surface area contributed by atoms with Gasteiger partial charge in [-0.15, -0.1) is 0 Å². The molecule has 4 rings (SSSR count). The van der Waals surface area contributed by atoms with Crippen LogP contribution in [-0.4, -0.2) is 34.0 Å². The molecule has 0 fully saturated rings. The van der Waals surface area contributed by atoms with Crippen LogP contribution >= 0.6 is 11.8 Å². The third-order valence-corrected chi connectivity index (χ3v) is 6.43. The first-order valence-electron chi connectivity index (χ1n) is 10.5. The van der Waals surface area contributed by atoms with Gasteiger partial charge in [-0.2, -0.15) is 13.2 Å². The number of benzene rings is 1. The molecule has 0 aliphatic carbocycles. The zero-order chi connectivity index (χ0) is 25.2. The number of rotatable bonds is 6. The molecule has 1 N–H and O–H groups in total. The molecule has 3 heterocycles. The number of hydrogen-bond acceptors (Lipinski definition) is 7. The van der Waals surface area contributed by atoms with Gasteiger partial charge in [0.15, 0.2) is 5.17 Å². The van der Waals surface area contributed by atoms with Crippen molar-refractivity contribution >= 4 is 28.8 Å². The van der Waals surface area contributed by atoms with Crippen LogP contribution in [0.15, 0.2) is 76.2 Å². The SMILES string of the molecule is COC(=O)C1=C(C)N=C2SC=C(CC(=O)NCc3ccncc3)N2C1c1ccc(C(F)(F)F)cc1. The number of esters is 1. The summed E-state index contributed by atoms with van der Waals surface area (Å²) in [5.74, 6) is -0.902. The smallest absolute Gasteiger partial charge is 0.416 e. The molecular formula is C24H21F3N4O3S. The van der Waals surface area contributed by atoms with Gasteiger partial charge in [-0.1, -0.05) is 23.9 Å². The van der Waals surface area contributed by atoms with Crippen molar-refractivity contribution in [2.24, 2.45) is 4.99 Å². The van der Waals surface area contributed by atoms with Crippen molar-refractivity contribution < 1.29 is 27.5 Å². The molecule has 1 unspecified atom stereocenters. The van der Waals surface area contributed by atoms with E-state index in [9.17, 15) is 22.8 Å². The van der Waals surface area contributed by atoms with Crippen molar-refractivity contribution in [3.8, 4) is 0 Å². The maximum Gasteiger partial charge on any atom is 0.416 e. The number of amides is 1. The molecular weight excluding hydrogens is 481 g/mol. The Hall–Kier alpha value is -3.60. The lowest BCUT2D eigenvalue weighted by Crippen LogP contribution is -2.37. The number of aromatic nitrogens is 1. The van der Waals surface area contributed by atoms with Gasteiger partial charge in [0.1, 0.15) is 0 Å². The van der Waals surface area contributed by atoms with Crippen LogP contribution in [-0.2, 0) is 27.0 Å². The Morgan fingerprint density at radius 3 is 2.46 bits per heavy atom. The van der Waals surface area contributed by atoms with Gasteiger partial charge in [0.05, 0.1) is 36.4 Å². The number of halogens is 3. The van der Waals surface area contributed by atoms with Crippen LogP contribution in [0.3, 0.4) is 0 Å². The summed E-state index contributed by atoms with van der Waals surface area (Å²) in [6, 6.07) is 7.38. The van der Waals surface area contributed by atoms with Gasteiger partial charge < -0.3 is 15.0 Å². The number of thioether (sulfide) groups is 1. The van der Waals surface area contributed by atoms with E-state index in [2.05, 4.69) is 15.3 Å². The van der Waals surface area contributed by atoms with Crippen LogP contribution < -0.4 is 5.32 Å². The van der Waals surface area contributed by atoms with Crippen LogP contribution in [0.5, 0.6) is 0 Å². The number of amidine groups is 1. The van der Waals surface area contributed by atoms with Gasteiger partial charge in [-0.3, -0.25) is 9.78 Å². The Bertz CT molecular complexity index is 1220. The highest BCUT2D eigenvalue weighted by atomic mass is 32.2. The predicted octanol–water partition coefficient (Wildman–Crippen LogP) is 4.55. The molecule has 182 valence electrons. The van der Waals surface area contributed by atoms with Gasteiger partial charge in [-0.25, -0.2) is 9.79 Å². The van der Waals surface area contributed by atoms with E-state index < -0.39 is 23.8 Å². The van der Waals surface area contributed by atoms with Gasteiger partial charge in [0.25, 0.3) is 0 Å². The Morgan fingerprint density at radius 1 is 1.14 bits per heavy atom. The largest absolute Gasteiger partial charge is 0.466 e. The van der Waals surface area contributed by atoms with E-state index in [1.165, 1.54) is 31.0 Å². The minimum Gasteiger partial charge on any atom is -0.466 e. The summed E-state index contributed by atoms with van der Waals surface area (Å²) in [5.41, 5.74) is 1.69. The number of fused-ring (bicyclic) bond motifs is 1. The zero-order valence-corrected chi connectivity index (χ0v) is 19.6. The normalized spacial score (nSPS) is 17.5. The number of aliphatic imine (C=N–C) groups is 1. The first kappa shape index (κ1) is 24.5. The lowest BCUT2D eigenvalue weighted by Gasteiger charge is -2.36. The highest BCUT2D eigenvalue weighted by molar-refractivity contribution is 8.16. The monoisotopic (exact) mass is 502 g/mol. The average Bonchev–Trinajstić information content (AvgIpc) is 3.23. The van der Waals surface area contributed by atoms with E-state index in [0.29, 0.717) is 28.7 Å². The van der Waals surface area contributed by atoms with Crippen molar-refractivity contribution in [3.63, 3.8) is 0 Å². The van der Waals surface area contributed by atoms with Crippen LogP contribution in [0.4, 0.5) is 13.2 Å². The third kappa shape index (κ3) is 5.24.